The Morgan fingerprint density at radius 1 is 1.17 bits per heavy atom. The molecule has 154 valence electrons. The highest BCUT2D eigenvalue weighted by Gasteiger charge is 2.28. The molecular weight excluding hydrogens is 381 g/mol. The van der Waals surface area contributed by atoms with E-state index in [1.807, 2.05) is 24.1 Å². The number of carbonyl (C=O) groups is 1. The third-order valence-electron chi connectivity index (χ3n) is 5.66. The number of likely N-dealkylation sites (N-methyl/N-ethyl adjacent to an activating group) is 1. The number of benzene rings is 2. The Hall–Kier alpha value is -3.25. The summed E-state index contributed by atoms with van der Waals surface area (Å²) in [5.74, 6) is -0.686. The van der Waals surface area contributed by atoms with Crippen LogP contribution in [0.25, 0.3) is 11.1 Å². The van der Waals surface area contributed by atoms with Crippen molar-refractivity contribution in [2.24, 2.45) is 0 Å². The van der Waals surface area contributed by atoms with Crippen LogP contribution in [0.15, 0.2) is 66.9 Å². The summed E-state index contributed by atoms with van der Waals surface area (Å²) in [6.45, 7) is 2.59. The summed E-state index contributed by atoms with van der Waals surface area (Å²) in [7, 11) is 1.91. The number of carboxylic acid groups (broad SMARTS) is 1. The molecule has 0 aliphatic carbocycles. The maximum absolute atomic E-state index is 13.2. The van der Waals surface area contributed by atoms with Gasteiger partial charge in [-0.2, -0.15) is 0 Å². The summed E-state index contributed by atoms with van der Waals surface area (Å²) in [4.78, 5) is 20.2. The molecular formula is C24H24FN3O2. The van der Waals surface area contributed by atoms with Crippen LogP contribution < -0.4 is 4.90 Å². The maximum Gasteiger partial charge on any atom is 0.339 e. The lowest BCUT2D eigenvalue weighted by Gasteiger charge is -2.27. The predicted molar refractivity (Wildman–Crippen MR) is 115 cm³/mol. The Balaban J connectivity index is 1.44. The minimum Gasteiger partial charge on any atom is -0.478 e. The lowest BCUT2D eigenvalue weighted by atomic mass is 10.0. The first-order chi connectivity index (χ1) is 14.5. The van der Waals surface area contributed by atoms with Crippen LogP contribution in [0.3, 0.4) is 0 Å². The van der Waals surface area contributed by atoms with Gasteiger partial charge in [0, 0.05) is 38.9 Å². The average molecular weight is 405 g/mol. The molecule has 0 spiro atoms. The third-order valence-corrected chi connectivity index (χ3v) is 5.66. The van der Waals surface area contributed by atoms with Crippen LogP contribution in [0.2, 0.25) is 0 Å². The summed E-state index contributed by atoms with van der Waals surface area (Å²) in [5.41, 5.74) is 3.49. The van der Waals surface area contributed by atoms with Crippen molar-refractivity contribution >= 4 is 11.8 Å². The lowest BCUT2D eigenvalue weighted by Crippen LogP contribution is -2.36. The fraction of sp³-hybridized carbons (Fsp3) is 0.250. The Morgan fingerprint density at radius 3 is 2.73 bits per heavy atom. The van der Waals surface area contributed by atoms with E-state index >= 15 is 0 Å². The van der Waals surface area contributed by atoms with Crippen molar-refractivity contribution in [2.45, 2.75) is 19.0 Å². The van der Waals surface area contributed by atoms with E-state index in [1.54, 1.807) is 30.5 Å². The molecule has 0 saturated carbocycles. The molecule has 1 atom stereocenters. The molecule has 1 aromatic heterocycles. The van der Waals surface area contributed by atoms with Crippen LogP contribution in [0.1, 0.15) is 22.3 Å². The molecule has 1 N–H and O–H groups in total. The summed E-state index contributed by atoms with van der Waals surface area (Å²) in [5, 5.41) is 9.44. The summed E-state index contributed by atoms with van der Waals surface area (Å²) >= 11 is 0. The average Bonchev–Trinajstić information content (AvgIpc) is 3.22. The number of rotatable bonds is 6. The topological polar surface area (TPSA) is 56.7 Å². The quantitative estimate of drug-likeness (QED) is 0.663. The number of hydrogen-bond donors (Lipinski definition) is 1. The van der Waals surface area contributed by atoms with Crippen LogP contribution in [-0.2, 0) is 6.54 Å². The highest BCUT2D eigenvalue weighted by molar-refractivity contribution is 5.93. The lowest BCUT2D eigenvalue weighted by molar-refractivity contribution is 0.0697. The zero-order valence-corrected chi connectivity index (χ0v) is 16.8. The van der Waals surface area contributed by atoms with E-state index in [1.165, 1.54) is 17.7 Å². The second kappa shape index (κ2) is 8.63. The smallest absolute Gasteiger partial charge is 0.339 e. The number of likely N-dealkylation sites (tertiary alicyclic amines) is 1. The minimum absolute atomic E-state index is 0.207. The molecule has 2 heterocycles. The van der Waals surface area contributed by atoms with Crippen molar-refractivity contribution in [1.82, 2.24) is 9.88 Å². The van der Waals surface area contributed by atoms with Gasteiger partial charge in [0.2, 0.25) is 0 Å². The van der Waals surface area contributed by atoms with Crippen molar-refractivity contribution < 1.29 is 14.3 Å². The van der Waals surface area contributed by atoms with Crippen LogP contribution in [0.4, 0.5) is 10.2 Å². The molecule has 1 aliphatic heterocycles. The number of hydrogen-bond acceptors (Lipinski definition) is 4. The fourth-order valence-corrected chi connectivity index (χ4v) is 4.04. The van der Waals surface area contributed by atoms with Gasteiger partial charge in [-0.05, 0) is 53.4 Å². The highest BCUT2D eigenvalue weighted by Crippen LogP contribution is 2.26. The molecule has 0 radical (unpaired) electrons. The van der Waals surface area contributed by atoms with E-state index in [0.717, 1.165) is 37.2 Å². The molecule has 4 rings (SSSR count). The summed E-state index contributed by atoms with van der Waals surface area (Å²) in [6.07, 6.45) is 2.58. The van der Waals surface area contributed by atoms with Crippen molar-refractivity contribution in [3.8, 4) is 11.1 Å². The largest absolute Gasteiger partial charge is 0.478 e. The number of aromatic carboxylic acids is 1. The van der Waals surface area contributed by atoms with Gasteiger partial charge in [-0.1, -0.05) is 30.3 Å². The van der Waals surface area contributed by atoms with Gasteiger partial charge in [0.25, 0.3) is 0 Å². The van der Waals surface area contributed by atoms with Crippen LogP contribution in [0, 0.1) is 5.82 Å². The third kappa shape index (κ3) is 4.33. The zero-order valence-electron chi connectivity index (χ0n) is 16.8. The second-order valence-electron chi connectivity index (χ2n) is 7.68. The first-order valence-electron chi connectivity index (χ1n) is 9.99. The molecule has 3 aromatic rings. The van der Waals surface area contributed by atoms with Crippen LogP contribution in [-0.4, -0.2) is 47.1 Å². The molecule has 5 nitrogen and oxygen atoms in total. The maximum atomic E-state index is 13.2. The van der Waals surface area contributed by atoms with E-state index in [2.05, 4.69) is 22.0 Å². The van der Waals surface area contributed by atoms with E-state index in [4.69, 9.17) is 0 Å². The van der Waals surface area contributed by atoms with E-state index in [9.17, 15) is 14.3 Å². The Labute approximate surface area is 175 Å². The van der Waals surface area contributed by atoms with Gasteiger partial charge in [-0.3, -0.25) is 4.90 Å². The molecule has 0 bridgehead atoms. The zero-order chi connectivity index (χ0) is 21.1. The van der Waals surface area contributed by atoms with Crippen LogP contribution in [0.5, 0.6) is 0 Å². The fourth-order valence-electron chi connectivity index (χ4n) is 4.04. The molecule has 1 saturated heterocycles. The first-order valence-corrected chi connectivity index (χ1v) is 9.99. The van der Waals surface area contributed by atoms with Gasteiger partial charge in [0.05, 0.1) is 0 Å². The summed E-state index contributed by atoms with van der Waals surface area (Å²) in [6, 6.07) is 18.3. The number of aromatic nitrogens is 1. The predicted octanol–water partition coefficient (Wildman–Crippen LogP) is 4.30. The normalized spacial score (nSPS) is 16.5. The van der Waals surface area contributed by atoms with Crippen LogP contribution >= 0.6 is 0 Å². The van der Waals surface area contributed by atoms with E-state index in [-0.39, 0.29) is 17.4 Å². The Morgan fingerprint density at radius 2 is 1.97 bits per heavy atom. The van der Waals surface area contributed by atoms with Gasteiger partial charge in [-0.25, -0.2) is 14.2 Å². The Bertz CT molecular complexity index is 1040. The van der Waals surface area contributed by atoms with Gasteiger partial charge in [0.15, 0.2) is 0 Å². The van der Waals surface area contributed by atoms with Gasteiger partial charge in [-0.15, -0.1) is 0 Å². The van der Waals surface area contributed by atoms with Crippen molar-refractivity contribution in [1.29, 1.82) is 0 Å². The number of carboxylic acids is 1. The molecule has 30 heavy (non-hydrogen) atoms. The standard InChI is InChI=1S/C24H24FN3O2/c1-27(23-22(24(29)30)6-3-12-26-23)21-11-13-28(16-21)15-17-4-2-5-19(14-17)18-7-9-20(25)10-8-18/h2-10,12,14,21H,11,13,15-16H2,1H3,(H,29,30)/t21-/m1/s1. The van der Waals surface area contributed by atoms with Crippen molar-refractivity contribution in [3.05, 3.63) is 83.8 Å². The van der Waals surface area contributed by atoms with Gasteiger partial charge >= 0.3 is 5.97 Å². The number of anilines is 1. The Kier molecular flexibility index (Phi) is 5.77. The first kappa shape index (κ1) is 20.0. The van der Waals surface area contributed by atoms with E-state index < -0.39 is 5.97 Å². The monoisotopic (exact) mass is 405 g/mol. The van der Waals surface area contributed by atoms with Crippen molar-refractivity contribution in [3.63, 3.8) is 0 Å². The minimum atomic E-state index is -0.961. The number of nitrogens with zero attached hydrogens (tertiary/aromatic N) is 3. The molecule has 2 aromatic carbocycles. The second-order valence-corrected chi connectivity index (χ2v) is 7.68. The molecule has 1 aliphatic rings. The number of halogens is 1. The number of pyridine rings is 1. The van der Waals surface area contributed by atoms with Gasteiger partial charge < -0.3 is 10.0 Å². The molecule has 0 amide bonds. The SMILES string of the molecule is CN(c1ncccc1C(=O)O)[C@@H]1CCN(Cc2cccc(-c3ccc(F)cc3)c2)C1. The molecule has 0 unspecified atom stereocenters. The highest BCUT2D eigenvalue weighted by atomic mass is 19.1. The molecule has 1 fully saturated rings. The molecule has 6 heteroatoms. The van der Waals surface area contributed by atoms with E-state index in [0.29, 0.717) is 5.82 Å². The summed E-state index contributed by atoms with van der Waals surface area (Å²) < 4.78 is 13.2. The van der Waals surface area contributed by atoms with Crippen molar-refractivity contribution in [2.75, 3.05) is 25.0 Å². The van der Waals surface area contributed by atoms with Gasteiger partial charge in [0.1, 0.15) is 17.2 Å².